The highest BCUT2D eigenvalue weighted by atomic mass is 16.5. The largest absolute Gasteiger partial charge is 0.462 e. The lowest BCUT2D eigenvalue weighted by Gasteiger charge is -2.03. The number of carbonyl (C=O) groups excluding carboxylic acids is 2. The molecule has 15 heavy (non-hydrogen) atoms. The van der Waals surface area contributed by atoms with Gasteiger partial charge in [0.15, 0.2) is 0 Å². The number of ether oxygens (including phenoxy) is 1. The van der Waals surface area contributed by atoms with E-state index in [1.165, 1.54) is 0 Å². The first kappa shape index (κ1) is 11.2. The van der Waals surface area contributed by atoms with Gasteiger partial charge in [-0.3, -0.25) is 9.48 Å². The van der Waals surface area contributed by atoms with Gasteiger partial charge in [-0.05, 0) is 6.42 Å². The van der Waals surface area contributed by atoms with Crippen molar-refractivity contribution in [2.45, 2.75) is 13.0 Å². The molecule has 0 bridgehead atoms. The van der Waals surface area contributed by atoms with Crippen molar-refractivity contribution in [2.75, 3.05) is 13.7 Å². The van der Waals surface area contributed by atoms with Gasteiger partial charge < -0.3 is 10.1 Å². The van der Waals surface area contributed by atoms with Crippen LogP contribution in [0.5, 0.6) is 0 Å². The number of nitrogens with zero attached hydrogens (tertiary/aromatic N) is 3. The summed E-state index contributed by atoms with van der Waals surface area (Å²) < 4.78 is 5.88. The Morgan fingerprint density at radius 1 is 1.53 bits per heavy atom. The van der Waals surface area contributed by atoms with Gasteiger partial charge >= 0.3 is 11.9 Å². The first-order chi connectivity index (χ1) is 7.24. The zero-order chi connectivity index (χ0) is 11.1. The minimum Gasteiger partial charge on any atom is -0.462 e. The van der Waals surface area contributed by atoms with Crippen molar-refractivity contribution in [1.29, 1.82) is 0 Å². The van der Waals surface area contributed by atoms with E-state index in [1.807, 2.05) is 0 Å². The molecular weight excluding hydrogens is 200 g/mol. The number of esters is 1. The maximum Gasteiger partial charge on any atom is 0.396 e. The summed E-state index contributed by atoms with van der Waals surface area (Å²) in [5.41, 5.74) is 0. The highest BCUT2D eigenvalue weighted by molar-refractivity contribution is 6.32. The monoisotopic (exact) mass is 212 g/mol. The van der Waals surface area contributed by atoms with Crippen LogP contribution < -0.4 is 5.32 Å². The topological polar surface area (TPSA) is 86.1 Å². The first-order valence-electron chi connectivity index (χ1n) is 4.44. The first-order valence-corrected chi connectivity index (χ1v) is 4.44. The Balaban J connectivity index is 2.12. The van der Waals surface area contributed by atoms with Gasteiger partial charge in [0.1, 0.15) is 0 Å². The van der Waals surface area contributed by atoms with Crippen LogP contribution in [0.2, 0.25) is 0 Å². The third kappa shape index (κ3) is 3.75. The van der Waals surface area contributed by atoms with E-state index < -0.39 is 11.9 Å². The van der Waals surface area contributed by atoms with Crippen molar-refractivity contribution in [1.82, 2.24) is 20.3 Å². The van der Waals surface area contributed by atoms with Gasteiger partial charge in [-0.2, -0.15) is 0 Å². The molecule has 7 heteroatoms. The molecule has 0 aliphatic rings. The zero-order valence-corrected chi connectivity index (χ0v) is 8.34. The standard InChI is InChI=1S/C8H12N4O3/c1-15-8(14)7(13)9-3-2-5-12-6-4-10-11-12/h4,6H,2-3,5H2,1H3,(H,9,13). The third-order valence-corrected chi connectivity index (χ3v) is 1.69. The molecule has 0 saturated heterocycles. The van der Waals surface area contributed by atoms with Crippen LogP contribution in [-0.4, -0.2) is 40.5 Å². The van der Waals surface area contributed by atoms with E-state index in [1.54, 1.807) is 17.1 Å². The average molecular weight is 212 g/mol. The molecule has 0 spiro atoms. The summed E-state index contributed by atoms with van der Waals surface area (Å²) in [5, 5.41) is 9.80. The Morgan fingerprint density at radius 3 is 2.93 bits per heavy atom. The van der Waals surface area contributed by atoms with E-state index in [0.717, 1.165) is 7.11 Å². The molecule has 0 unspecified atom stereocenters. The molecule has 0 atom stereocenters. The minimum atomic E-state index is -0.879. The van der Waals surface area contributed by atoms with Crippen molar-refractivity contribution in [3.8, 4) is 0 Å². The summed E-state index contributed by atoms with van der Waals surface area (Å²) in [7, 11) is 1.16. The van der Waals surface area contributed by atoms with Crippen molar-refractivity contribution in [3.05, 3.63) is 12.4 Å². The molecule has 0 saturated carbocycles. The molecule has 1 rings (SSSR count). The smallest absolute Gasteiger partial charge is 0.396 e. The van der Waals surface area contributed by atoms with E-state index in [0.29, 0.717) is 19.5 Å². The zero-order valence-electron chi connectivity index (χ0n) is 8.34. The Bertz CT molecular complexity index is 323. The molecule has 0 aliphatic heterocycles. The molecule has 0 aromatic carbocycles. The van der Waals surface area contributed by atoms with Crippen molar-refractivity contribution in [2.24, 2.45) is 0 Å². The van der Waals surface area contributed by atoms with E-state index in [4.69, 9.17) is 0 Å². The lowest BCUT2D eigenvalue weighted by molar-refractivity contribution is -0.152. The summed E-state index contributed by atoms with van der Waals surface area (Å²) in [6.07, 6.45) is 3.97. The van der Waals surface area contributed by atoms with Crippen LogP contribution in [0.25, 0.3) is 0 Å². The summed E-state index contributed by atoms with van der Waals surface area (Å²) >= 11 is 0. The maximum atomic E-state index is 10.9. The number of hydrogen-bond donors (Lipinski definition) is 1. The molecule has 0 radical (unpaired) electrons. The predicted molar refractivity (Wildman–Crippen MR) is 49.7 cm³/mol. The van der Waals surface area contributed by atoms with Crippen LogP contribution in [0.3, 0.4) is 0 Å². The minimum absolute atomic E-state index is 0.397. The SMILES string of the molecule is COC(=O)C(=O)NCCCn1ccnn1. The van der Waals surface area contributed by atoms with Gasteiger partial charge in [0.2, 0.25) is 0 Å². The molecule has 1 N–H and O–H groups in total. The Kier molecular flexibility index (Phi) is 4.27. The van der Waals surface area contributed by atoms with E-state index in [-0.39, 0.29) is 0 Å². The Morgan fingerprint density at radius 2 is 2.33 bits per heavy atom. The summed E-state index contributed by atoms with van der Waals surface area (Å²) in [4.78, 5) is 21.6. The lowest BCUT2D eigenvalue weighted by Crippen LogP contribution is -2.32. The van der Waals surface area contributed by atoms with Crippen molar-refractivity contribution in [3.63, 3.8) is 0 Å². The molecule has 7 nitrogen and oxygen atoms in total. The van der Waals surface area contributed by atoms with Gasteiger partial charge in [-0.25, -0.2) is 4.79 Å². The second-order valence-electron chi connectivity index (χ2n) is 2.77. The highest BCUT2D eigenvalue weighted by Gasteiger charge is 2.11. The average Bonchev–Trinajstić information content (AvgIpc) is 2.75. The van der Waals surface area contributed by atoms with E-state index in [2.05, 4.69) is 20.4 Å². The molecule has 1 heterocycles. The summed E-state index contributed by atoms with van der Waals surface area (Å²) in [6, 6.07) is 0. The summed E-state index contributed by atoms with van der Waals surface area (Å²) in [6.45, 7) is 1.04. The van der Waals surface area contributed by atoms with Crippen LogP contribution >= 0.6 is 0 Å². The van der Waals surface area contributed by atoms with Crippen LogP contribution in [0, 0.1) is 0 Å². The van der Waals surface area contributed by atoms with Gasteiger partial charge in [0, 0.05) is 19.3 Å². The lowest BCUT2D eigenvalue weighted by atomic mass is 10.4. The fourth-order valence-corrected chi connectivity index (χ4v) is 0.960. The highest BCUT2D eigenvalue weighted by Crippen LogP contribution is 1.85. The number of rotatable bonds is 4. The number of amides is 1. The van der Waals surface area contributed by atoms with Crippen LogP contribution in [0.4, 0.5) is 0 Å². The van der Waals surface area contributed by atoms with Crippen molar-refractivity contribution >= 4 is 11.9 Å². The molecule has 1 aromatic rings. The second kappa shape index (κ2) is 5.74. The Labute approximate surface area is 86.4 Å². The van der Waals surface area contributed by atoms with Crippen molar-refractivity contribution < 1.29 is 14.3 Å². The third-order valence-electron chi connectivity index (χ3n) is 1.69. The molecule has 0 aliphatic carbocycles. The van der Waals surface area contributed by atoms with Gasteiger partial charge in [0.25, 0.3) is 0 Å². The van der Waals surface area contributed by atoms with Crippen LogP contribution in [0.15, 0.2) is 12.4 Å². The van der Waals surface area contributed by atoms with E-state index >= 15 is 0 Å². The fraction of sp³-hybridized carbons (Fsp3) is 0.500. The Hall–Kier alpha value is -1.92. The van der Waals surface area contributed by atoms with Crippen LogP contribution in [-0.2, 0) is 20.9 Å². The van der Waals surface area contributed by atoms with Gasteiger partial charge in [0.05, 0.1) is 13.3 Å². The van der Waals surface area contributed by atoms with E-state index in [9.17, 15) is 9.59 Å². The fourth-order valence-electron chi connectivity index (χ4n) is 0.960. The van der Waals surface area contributed by atoms with Gasteiger partial charge in [-0.1, -0.05) is 5.21 Å². The summed E-state index contributed by atoms with van der Waals surface area (Å²) in [5.74, 6) is -1.60. The number of hydrogen-bond acceptors (Lipinski definition) is 5. The predicted octanol–water partition coefficient (Wildman–Crippen LogP) is -1.04. The number of carbonyl (C=O) groups is 2. The quantitative estimate of drug-likeness (QED) is 0.391. The molecule has 82 valence electrons. The number of methoxy groups -OCH3 is 1. The molecule has 0 fully saturated rings. The normalized spacial score (nSPS) is 9.67. The second-order valence-corrected chi connectivity index (χ2v) is 2.77. The number of aromatic nitrogens is 3. The molecule has 1 aromatic heterocycles. The maximum absolute atomic E-state index is 10.9. The number of nitrogens with one attached hydrogen (secondary N) is 1. The molecular formula is C8H12N4O3. The number of aryl methyl sites for hydroxylation is 1. The van der Waals surface area contributed by atoms with Gasteiger partial charge in [-0.15, -0.1) is 5.10 Å². The molecule has 1 amide bonds. The van der Waals surface area contributed by atoms with Crippen LogP contribution in [0.1, 0.15) is 6.42 Å².